The van der Waals surface area contributed by atoms with E-state index in [1.807, 2.05) is 12.1 Å². The Balaban J connectivity index is 2.13. The summed E-state index contributed by atoms with van der Waals surface area (Å²) < 4.78 is 20.1. The van der Waals surface area contributed by atoms with Gasteiger partial charge in [0.15, 0.2) is 11.6 Å². The van der Waals surface area contributed by atoms with Gasteiger partial charge in [-0.3, -0.25) is 5.43 Å². The lowest BCUT2D eigenvalue weighted by molar-refractivity contribution is 0.432. The van der Waals surface area contributed by atoms with E-state index in [9.17, 15) is 4.39 Å². The van der Waals surface area contributed by atoms with Crippen molar-refractivity contribution in [3.8, 4) is 11.6 Å². The second kappa shape index (κ2) is 5.63. The number of nitrogens with zero attached hydrogens (tertiary/aromatic N) is 2. The van der Waals surface area contributed by atoms with Gasteiger partial charge in [-0.25, -0.2) is 15.2 Å². The number of anilines is 1. The predicted molar refractivity (Wildman–Crippen MR) is 81.5 cm³/mol. The molecule has 0 fully saturated rings. The average molecular weight is 349 g/mol. The van der Waals surface area contributed by atoms with Crippen molar-refractivity contribution in [2.45, 2.75) is 0 Å². The van der Waals surface area contributed by atoms with Crippen LogP contribution in [0.1, 0.15) is 0 Å². The summed E-state index contributed by atoms with van der Waals surface area (Å²) in [5, 5.41) is 0.663. The summed E-state index contributed by atoms with van der Waals surface area (Å²) >= 11 is 3.28. The van der Waals surface area contributed by atoms with Crippen molar-refractivity contribution in [3.05, 3.63) is 52.8 Å². The van der Waals surface area contributed by atoms with E-state index in [0.717, 1.165) is 0 Å². The number of aromatic nitrogens is 2. The number of nitrogens with one attached hydrogen (secondary N) is 1. The van der Waals surface area contributed by atoms with Crippen molar-refractivity contribution in [1.29, 1.82) is 0 Å². The predicted octanol–water partition coefficient (Wildman–Crippen LogP) is 3.61. The van der Waals surface area contributed by atoms with Gasteiger partial charge in [-0.05, 0) is 30.3 Å². The Hall–Kier alpha value is -2.25. The lowest BCUT2D eigenvalue weighted by Gasteiger charge is -2.10. The monoisotopic (exact) mass is 348 g/mol. The Bertz CT molecular complexity index is 812. The van der Waals surface area contributed by atoms with Crippen LogP contribution in [0.4, 0.5) is 10.3 Å². The third-order valence-corrected chi connectivity index (χ3v) is 3.29. The first-order valence-corrected chi connectivity index (χ1v) is 6.83. The van der Waals surface area contributed by atoms with Crippen molar-refractivity contribution in [2.75, 3.05) is 5.43 Å². The molecule has 1 aromatic heterocycles. The van der Waals surface area contributed by atoms with E-state index in [2.05, 4.69) is 31.3 Å². The Morgan fingerprint density at radius 1 is 1.14 bits per heavy atom. The molecular weight excluding hydrogens is 339 g/mol. The van der Waals surface area contributed by atoms with E-state index in [1.54, 1.807) is 18.2 Å². The molecule has 0 atom stereocenters. The van der Waals surface area contributed by atoms with E-state index in [4.69, 9.17) is 10.6 Å². The zero-order valence-corrected chi connectivity index (χ0v) is 12.3. The van der Waals surface area contributed by atoms with E-state index >= 15 is 0 Å². The molecule has 0 saturated heterocycles. The maximum absolute atomic E-state index is 13.8. The Morgan fingerprint density at radius 3 is 2.76 bits per heavy atom. The average Bonchev–Trinajstić information content (AvgIpc) is 2.50. The molecule has 0 saturated carbocycles. The van der Waals surface area contributed by atoms with Crippen LogP contribution in [0.25, 0.3) is 10.9 Å². The summed E-state index contributed by atoms with van der Waals surface area (Å²) in [4.78, 5) is 8.34. The Kier molecular flexibility index (Phi) is 3.68. The first kappa shape index (κ1) is 13.7. The lowest BCUT2D eigenvalue weighted by atomic mass is 10.2. The zero-order chi connectivity index (χ0) is 14.8. The van der Waals surface area contributed by atoms with Crippen molar-refractivity contribution >= 4 is 32.8 Å². The van der Waals surface area contributed by atoms with Crippen LogP contribution in [-0.2, 0) is 0 Å². The molecule has 3 N–H and O–H groups in total. The number of hydrogen-bond acceptors (Lipinski definition) is 5. The van der Waals surface area contributed by atoms with Crippen LogP contribution >= 0.6 is 15.9 Å². The number of nitrogens with two attached hydrogens (primary N) is 1. The van der Waals surface area contributed by atoms with Gasteiger partial charge in [-0.2, -0.15) is 4.98 Å². The lowest BCUT2D eigenvalue weighted by Crippen LogP contribution is -2.11. The molecule has 1 heterocycles. The number of hydrogen-bond donors (Lipinski definition) is 2. The molecule has 0 aliphatic rings. The highest BCUT2D eigenvalue weighted by molar-refractivity contribution is 9.10. The minimum absolute atomic E-state index is 0.0659. The van der Waals surface area contributed by atoms with E-state index < -0.39 is 5.82 Å². The number of benzene rings is 2. The molecule has 0 aliphatic heterocycles. The molecule has 0 bridgehead atoms. The first-order chi connectivity index (χ1) is 10.2. The second-order valence-corrected chi connectivity index (χ2v) is 5.11. The molecule has 5 nitrogen and oxygen atoms in total. The number of ether oxygens (including phenoxy) is 1. The largest absolute Gasteiger partial charge is 0.435 e. The maximum atomic E-state index is 13.8. The summed E-state index contributed by atoms with van der Waals surface area (Å²) in [6.45, 7) is 0. The molecule has 21 heavy (non-hydrogen) atoms. The molecule has 0 spiro atoms. The van der Waals surface area contributed by atoms with Gasteiger partial charge < -0.3 is 4.74 Å². The highest BCUT2D eigenvalue weighted by Gasteiger charge is 2.12. The van der Waals surface area contributed by atoms with Crippen molar-refractivity contribution in [3.63, 3.8) is 0 Å². The highest BCUT2D eigenvalue weighted by atomic mass is 79.9. The van der Waals surface area contributed by atoms with Gasteiger partial charge >= 0.3 is 0 Å². The van der Waals surface area contributed by atoms with Gasteiger partial charge in [0.2, 0.25) is 11.8 Å². The number of fused-ring (bicyclic) bond motifs is 1. The van der Waals surface area contributed by atoms with Crippen molar-refractivity contribution in [1.82, 2.24) is 9.97 Å². The molecule has 2 aromatic carbocycles. The standard InChI is InChI=1S/C14H10BrFN4O/c15-8-5-6-10(16)12(7-8)21-13-9-3-1-2-4-11(9)18-14(19-13)20-17/h1-7H,17H2,(H,18,19,20). The van der Waals surface area contributed by atoms with E-state index in [1.165, 1.54) is 12.1 Å². The fourth-order valence-electron chi connectivity index (χ4n) is 1.85. The SMILES string of the molecule is NNc1nc(Oc2cc(Br)ccc2F)c2ccccc2n1. The van der Waals surface area contributed by atoms with Crippen LogP contribution < -0.4 is 16.0 Å². The topological polar surface area (TPSA) is 73.1 Å². The Labute approximate surface area is 128 Å². The van der Waals surface area contributed by atoms with Gasteiger partial charge in [-0.1, -0.05) is 28.1 Å². The van der Waals surface area contributed by atoms with Gasteiger partial charge in [0.25, 0.3) is 0 Å². The minimum Gasteiger partial charge on any atom is -0.435 e. The molecular formula is C14H10BrFN4O. The number of para-hydroxylation sites is 1. The quantitative estimate of drug-likeness (QED) is 0.558. The summed E-state index contributed by atoms with van der Waals surface area (Å²) in [6.07, 6.45) is 0. The van der Waals surface area contributed by atoms with Crippen LogP contribution in [0.2, 0.25) is 0 Å². The molecule has 3 aromatic rings. The number of hydrazine groups is 1. The van der Waals surface area contributed by atoms with Crippen molar-refractivity contribution in [2.24, 2.45) is 5.84 Å². The van der Waals surface area contributed by atoms with Gasteiger partial charge in [0.1, 0.15) is 0 Å². The van der Waals surface area contributed by atoms with Crippen LogP contribution in [-0.4, -0.2) is 9.97 Å². The fraction of sp³-hybridized carbons (Fsp3) is 0. The van der Waals surface area contributed by atoms with Gasteiger partial charge in [-0.15, -0.1) is 0 Å². The molecule has 0 aliphatic carbocycles. The third kappa shape index (κ3) is 2.79. The molecule has 0 unspecified atom stereocenters. The fourth-order valence-corrected chi connectivity index (χ4v) is 2.19. The summed E-state index contributed by atoms with van der Waals surface area (Å²) in [5.41, 5.74) is 3.01. The van der Waals surface area contributed by atoms with Crippen LogP contribution in [0.3, 0.4) is 0 Å². The summed E-state index contributed by atoms with van der Waals surface area (Å²) in [5.74, 6) is 5.35. The van der Waals surface area contributed by atoms with E-state index in [-0.39, 0.29) is 17.6 Å². The zero-order valence-electron chi connectivity index (χ0n) is 10.7. The van der Waals surface area contributed by atoms with Crippen molar-refractivity contribution < 1.29 is 9.13 Å². The molecule has 106 valence electrons. The second-order valence-electron chi connectivity index (χ2n) is 4.19. The maximum Gasteiger partial charge on any atom is 0.241 e. The number of rotatable bonds is 3. The molecule has 0 amide bonds. The van der Waals surface area contributed by atoms with E-state index in [0.29, 0.717) is 15.4 Å². The molecule has 0 radical (unpaired) electrons. The summed E-state index contributed by atoms with van der Waals surface area (Å²) in [7, 11) is 0. The number of nitrogen functional groups attached to an aromatic ring is 1. The number of halogens is 2. The normalized spacial score (nSPS) is 10.6. The first-order valence-electron chi connectivity index (χ1n) is 6.03. The minimum atomic E-state index is -0.483. The highest BCUT2D eigenvalue weighted by Crippen LogP contribution is 2.31. The molecule has 7 heteroatoms. The molecule has 3 rings (SSSR count). The third-order valence-electron chi connectivity index (χ3n) is 2.80. The summed E-state index contributed by atoms with van der Waals surface area (Å²) in [6, 6.07) is 11.7. The van der Waals surface area contributed by atoms with Crippen LogP contribution in [0.15, 0.2) is 46.9 Å². The van der Waals surface area contributed by atoms with Crippen LogP contribution in [0.5, 0.6) is 11.6 Å². The smallest absolute Gasteiger partial charge is 0.241 e. The van der Waals surface area contributed by atoms with Gasteiger partial charge in [0, 0.05) is 4.47 Å². The Morgan fingerprint density at radius 2 is 1.95 bits per heavy atom. The van der Waals surface area contributed by atoms with Crippen LogP contribution in [0, 0.1) is 5.82 Å². The van der Waals surface area contributed by atoms with Gasteiger partial charge in [0.05, 0.1) is 10.9 Å².